The molecule has 1 aromatic rings. The lowest BCUT2D eigenvalue weighted by atomic mass is 10.3. The Balaban J connectivity index is 2.77. The third-order valence-corrected chi connectivity index (χ3v) is 3.01. The molecule has 15 heavy (non-hydrogen) atoms. The summed E-state index contributed by atoms with van der Waals surface area (Å²) in [6.45, 7) is 5.09. The standard InChI is InChI=1S/C10H16N2O2S/c1-3-5-12-8(4-2)6-11-10(12)15-7-9(13)14/h6H,3-5,7H2,1-2H3,(H,13,14). The van der Waals surface area contributed by atoms with Gasteiger partial charge in [0.15, 0.2) is 5.16 Å². The number of aryl methyl sites for hydroxylation is 1. The molecule has 0 unspecified atom stereocenters. The van der Waals surface area contributed by atoms with E-state index in [0.717, 1.165) is 24.5 Å². The van der Waals surface area contributed by atoms with E-state index in [1.54, 1.807) is 0 Å². The number of aliphatic carboxylic acids is 1. The van der Waals surface area contributed by atoms with Gasteiger partial charge in [0.25, 0.3) is 0 Å². The highest BCUT2D eigenvalue weighted by Gasteiger charge is 2.09. The van der Waals surface area contributed by atoms with Crippen LogP contribution in [-0.4, -0.2) is 26.4 Å². The third kappa shape index (κ3) is 3.27. The highest BCUT2D eigenvalue weighted by atomic mass is 32.2. The lowest BCUT2D eigenvalue weighted by Crippen LogP contribution is -2.05. The number of hydrogen-bond donors (Lipinski definition) is 1. The van der Waals surface area contributed by atoms with E-state index in [1.165, 1.54) is 17.5 Å². The summed E-state index contributed by atoms with van der Waals surface area (Å²) < 4.78 is 2.10. The number of rotatable bonds is 6. The molecule has 1 aromatic heterocycles. The Labute approximate surface area is 93.7 Å². The summed E-state index contributed by atoms with van der Waals surface area (Å²) in [4.78, 5) is 14.7. The van der Waals surface area contributed by atoms with Crippen LogP contribution in [0.1, 0.15) is 26.0 Å². The molecule has 0 radical (unpaired) electrons. The molecule has 0 aliphatic rings. The Morgan fingerprint density at radius 1 is 1.60 bits per heavy atom. The first-order chi connectivity index (χ1) is 7.19. The van der Waals surface area contributed by atoms with Crippen molar-refractivity contribution in [3.63, 3.8) is 0 Å². The van der Waals surface area contributed by atoms with Gasteiger partial charge >= 0.3 is 5.97 Å². The molecule has 0 spiro atoms. The van der Waals surface area contributed by atoms with Crippen LogP contribution in [0.25, 0.3) is 0 Å². The van der Waals surface area contributed by atoms with E-state index >= 15 is 0 Å². The Hall–Kier alpha value is -0.970. The lowest BCUT2D eigenvalue weighted by molar-refractivity contribution is -0.133. The molecule has 5 heteroatoms. The van der Waals surface area contributed by atoms with E-state index in [4.69, 9.17) is 5.11 Å². The van der Waals surface area contributed by atoms with Crippen molar-refractivity contribution < 1.29 is 9.90 Å². The molecule has 4 nitrogen and oxygen atoms in total. The number of nitrogens with zero attached hydrogens (tertiary/aromatic N) is 2. The van der Waals surface area contributed by atoms with E-state index in [2.05, 4.69) is 23.4 Å². The normalized spacial score (nSPS) is 10.5. The van der Waals surface area contributed by atoms with Crippen LogP contribution in [0.4, 0.5) is 0 Å². The molecule has 1 heterocycles. The lowest BCUT2D eigenvalue weighted by Gasteiger charge is -2.08. The monoisotopic (exact) mass is 228 g/mol. The predicted molar refractivity (Wildman–Crippen MR) is 60.3 cm³/mol. The molecule has 1 rings (SSSR count). The SMILES string of the molecule is CCCn1c(CC)cnc1SCC(=O)O. The van der Waals surface area contributed by atoms with Gasteiger partial charge in [0.1, 0.15) is 0 Å². The van der Waals surface area contributed by atoms with Crippen LogP contribution in [0.2, 0.25) is 0 Å². The van der Waals surface area contributed by atoms with Gasteiger partial charge in [-0.3, -0.25) is 4.79 Å². The average Bonchev–Trinajstić information content (AvgIpc) is 2.58. The average molecular weight is 228 g/mol. The third-order valence-electron chi connectivity index (χ3n) is 2.04. The van der Waals surface area contributed by atoms with E-state index in [9.17, 15) is 4.79 Å². The summed E-state index contributed by atoms with van der Waals surface area (Å²) in [7, 11) is 0. The number of imidazole rings is 1. The van der Waals surface area contributed by atoms with Crippen LogP contribution in [0, 0.1) is 0 Å². The molecule has 0 saturated heterocycles. The van der Waals surface area contributed by atoms with Gasteiger partial charge in [-0.15, -0.1) is 0 Å². The van der Waals surface area contributed by atoms with E-state index in [1.807, 2.05) is 6.20 Å². The highest BCUT2D eigenvalue weighted by Crippen LogP contribution is 2.19. The summed E-state index contributed by atoms with van der Waals surface area (Å²) in [5.41, 5.74) is 1.17. The van der Waals surface area contributed by atoms with Crippen molar-refractivity contribution in [3.8, 4) is 0 Å². The highest BCUT2D eigenvalue weighted by molar-refractivity contribution is 7.99. The Kier molecular flexibility index (Phi) is 4.68. The molecule has 0 saturated carbocycles. The zero-order valence-electron chi connectivity index (χ0n) is 9.06. The minimum Gasteiger partial charge on any atom is -0.481 e. The molecule has 0 aromatic carbocycles. The van der Waals surface area contributed by atoms with E-state index < -0.39 is 5.97 Å². The van der Waals surface area contributed by atoms with Gasteiger partial charge in [-0.05, 0) is 12.8 Å². The van der Waals surface area contributed by atoms with Gasteiger partial charge in [0, 0.05) is 18.4 Å². The molecule has 0 aliphatic heterocycles. The maximum Gasteiger partial charge on any atom is 0.313 e. The summed E-state index contributed by atoms with van der Waals surface area (Å²) >= 11 is 1.28. The number of hydrogen-bond acceptors (Lipinski definition) is 3. The number of carbonyl (C=O) groups is 1. The molecule has 0 fully saturated rings. The topological polar surface area (TPSA) is 55.1 Å². The minimum atomic E-state index is -0.802. The van der Waals surface area contributed by atoms with Crippen LogP contribution in [-0.2, 0) is 17.8 Å². The van der Waals surface area contributed by atoms with Crippen molar-refractivity contribution in [1.29, 1.82) is 0 Å². The minimum absolute atomic E-state index is 0.0733. The second-order valence-electron chi connectivity index (χ2n) is 3.22. The second-order valence-corrected chi connectivity index (χ2v) is 4.16. The van der Waals surface area contributed by atoms with Crippen molar-refractivity contribution in [2.75, 3.05) is 5.75 Å². The van der Waals surface area contributed by atoms with Gasteiger partial charge in [-0.25, -0.2) is 4.98 Å². The van der Waals surface area contributed by atoms with Crippen LogP contribution in [0.5, 0.6) is 0 Å². The van der Waals surface area contributed by atoms with Crippen molar-refractivity contribution in [2.24, 2.45) is 0 Å². The van der Waals surface area contributed by atoms with Gasteiger partial charge in [-0.1, -0.05) is 25.6 Å². The summed E-state index contributed by atoms with van der Waals surface area (Å²) in [6.07, 6.45) is 3.80. The van der Waals surface area contributed by atoms with E-state index in [-0.39, 0.29) is 5.75 Å². The van der Waals surface area contributed by atoms with Gasteiger partial charge in [0.2, 0.25) is 0 Å². The number of carboxylic acid groups (broad SMARTS) is 1. The maximum absolute atomic E-state index is 10.5. The summed E-state index contributed by atoms with van der Waals surface area (Å²) in [6, 6.07) is 0. The van der Waals surface area contributed by atoms with Crippen molar-refractivity contribution >= 4 is 17.7 Å². The van der Waals surface area contributed by atoms with Crippen LogP contribution >= 0.6 is 11.8 Å². The first-order valence-corrected chi connectivity index (χ1v) is 6.06. The van der Waals surface area contributed by atoms with Crippen LogP contribution in [0.15, 0.2) is 11.4 Å². The summed E-state index contributed by atoms with van der Waals surface area (Å²) in [5, 5.41) is 9.42. The smallest absolute Gasteiger partial charge is 0.313 e. The number of aromatic nitrogens is 2. The molecule has 1 N–H and O–H groups in total. The Bertz CT molecular complexity index is 336. The van der Waals surface area contributed by atoms with Gasteiger partial charge in [-0.2, -0.15) is 0 Å². The molecule has 84 valence electrons. The second kappa shape index (κ2) is 5.80. The molecule has 0 amide bonds. The zero-order chi connectivity index (χ0) is 11.3. The first kappa shape index (κ1) is 12.1. The fraction of sp³-hybridized carbons (Fsp3) is 0.600. The van der Waals surface area contributed by atoms with Crippen molar-refractivity contribution in [1.82, 2.24) is 9.55 Å². The Morgan fingerprint density at radius 2 is 2.33 bits per heavy atom. The largest absolute Gasteiger partial charge is 0.481 e. The fourth-order valence-corrected chi connectivity index (χ4v) is 2.12. The molecular formula is C10H16N2O2S. The molecule has 0 atom stereocenters. The van der Waals surface area contributed by atoms with Gasteiger partial charge < -0.3 is 9.67 Å². The number of thioether (sulfide) groups is 1. The van der Waals surface area contributed by atoms with Crippen LogP contribution < -0.4 is 0 Å². The quantitative estimate of drug-likeness (QED) is 0.757. The van der Waals surface area contributed by atoms with Crippen LogP contribution in [0.3, 0.4) is 0 Å². The summed E-state index contributed by atoms with van der Waals surface area (Å²) in [5.74, 6) is -0.728. The van der Waals surface area contributed by atoms with Crippen molar-refractivity contribution in [2.45, 2.75) is 38.4 Å². The van der Waals surface area contributed by atoms with E-state index in [0.29, 0.717) is 0 Å². The first-order valence-electron chi connectivity index (χ1n) is 5.08. The molecular weight excluding hydrogens is 212 g/mol. The fourth-order valence-electron chi connectivity index (χ4n) is 1.38. The molecule has 0 aliphatic carbocycles. The Morgan fingerprint density at radius 3 is 2.87 bits per heavy atom. The zero-order valence-corrected chi connectivity index (χ0v) is 9.88. The van der Waals surface area contributed by atoms with Gasteiger partial charge in [0.05, 0.1) is 5.75 Å². The predicted octanol–water partition coefficient (Wildman–Crippen LogP) is 2.03. The maximum atomic E-state index is 10.5. The van der Waals surface area contributed by atoms with Crippen molar-refractivity contribution in [3.05, 3.63) is 11.9 Å². The molecule has 0 bridgehead atoms. The number of carboxylic acids is 1.